The second-order valence-electron chi connectivity index (χ2n) is 21.2. The molecule has 1 spiro atoms. The molecule has 9 heteroatoms. The SMILES string of the molecule is CCCC1CCC2OC3C(CCCCC3(O)C(C)(O)C3CCC4(O)C5=CC(=O)C6CC(O)C(O)CC67CC(C6CCC(N)NC6)C=CC(CC34C)C57)C2CC1. The molecule has 9 aliphatic rings. The van der Waals surface area contributed by atoms with Crippen LogP contribution in [-0.4, -0.2) is 85.2 Å². The number of fused-ring (bicyclic) bond motifs is 5. The van der Waals surface area contributed by atoms with Crippen molar-refractivity contribution in [1.29, 1.82) is 0 Å². The summed E-state index contributed by atoms with van der Waals surface area (Å²) < 4.78 is 7.05. The Balaban J connectivity index is 1.08. The van der Waals surface area contributed by atoms with Crippen molar-refractivity contribution in [3.8, 4) is 0 Å². The van der Waals surface area contributed by atoms with E-state index in [4.69, 9.17) is 10.5 Å². The van der Waals surface area contributed by atoms with Crippen molar-refractivity contribution in [2.24, 2.45) is 69.8 Å². The molecule has 0 aromatic carbocycles. The Morgan fingerprint density at radius 2 is 1.71 bits per heavy atom. The van der Waals surface area contributed by atoms with E-state index in [2.05, 4.69) is 31.3 Å². The van der Waals surface area contributed by atoms with E-state index in [1.807, 2.05) is 6.92 Å². The number of allylic oxidation sites excluding steroid dienone is 3. The summed E-state index contributed by atoms with van der Waals surface area (Å²) >= 11 is 0. The quantitative estimate of drug-likeness (QED) is 0.184. The summed E-state index contributed by atoms with van der Waals surface area (Å²) in [6.45, 7) is 7.06. The minimum atomic E-state index is -1.55. The lowest BCUT2D eigenvalue weighted by Crippen LogP contribution is -2.69. The number of nitrogens with two attached hydrogens (primary N) is 1. The van der Waals surface area contributed by atoms with Crippen molar-refractivity contribution in [3.63, 3.8) is 0 Å². The smallest absolute Gasteiger partial charge is 0.159 e. The standard InChI is InChI=1S/C46H72N2O7/c1-4-7-26-9-14-30-31-8-5-6-18-46(54,41(31)55-37(30)15-10-26)43(3,52)38-17-19-45(53)33-21-34(49)32-20-35(50)36(51)24-44(32)23-27(29-13-16-39(47)48-25-29)11-12-28(40(33)44)22-42(38,45)2/h11-12,21,26-32,35-41,48,50-54H,4-10,13-20,22-25,47H2,1-3H3. The van der Waals surface area contributed by atoms with Crippen molar-refractivity contribution < 1.29 is 35.1 Å². The average Bonchev–Trinajstić information content (AvgIpc) is 3.38. The first kappa shape index (κ1) is 39.3. The molecular weight excluding hydrogens is 693 g/mol. The fourth-order valence-corrected chi connectivity index (χ4v) is 16.0. The van der Waals surface area contributed by atoms with Gasteiger partial charge in [-0.3, -0.25) is 4.79 Å². The lowest BCUT2D eigenvalue weighted by Gasteiger charge is -2.64. The van der Waals surface area contributed by atoms with Gasteiger partial charge in [-0.15, -0.1) is 0 Å². The molecule has 2 saturated heterocycles. The number of aliphatic hydroxyl groups is 5. The van der Waals surface area contributed by atoms with Gasteiger partial charge in [0.15, 0.2) is 5.78 Å². The van der Waals surface area contributed by atoms with Crippen LogP contribution < -0.4 is 11.1 Å². The zero-order valence-electron chi connectivity index (χ0n) is 33.9. The third-order valence-corrected chi connectivity index (χ3v) is 18.8. The van der Waals surface area contributed by atoms with Gasteiger partial charge >= 0.3 is 0 Å². The summed E-state index contributed by atoms with van der Waals surface area (Å²) in [6.07, 6.45) is 19.3. The fraction of sp³-hybridized carbons (Fsp3) is 0.891. The molecule has 2 aliphatic heterocycles. The molecule has 7 fully saturated rings. The topological polar surface area (TPSA) is 166 Å². The van der Waals surface area contributed by atoms with E-state index in [-0.39, 0.29) is 48.1 Å². The van der Waals surface area contributed by atoms with E-state index in [0.717, 1.165) is 69.4 Å². The van der Waals surface area contributed by atoms with Gasteiger partial charge in [-0.2, -0.15) is 0 Å². The highest BCUT2D eigenvalue weighted by Gasteiger charge is 2.74. The molecule has 308 valence electrons. The molecule has 0 radical (unpaired) electrons. The first-order valence-corrected chi connectivity index (χ1v) is 22.8. The first-order valence-electron chi connectivity index (χ1n) is 22.8. The number of carbonyl (C=O) groups is 1. The molecule has 2 heterocycles. The summed E-state index contributed by atoms with van der Waals surface area (Å²) in [4.78, 5) is 14.5. The van der Waals surface area contributed by atoms with Gasteiger partial charge in [0.25, 0.3) is 0 Å². The number of ketones is 1. The minimum absolute atomic E-state index is 0.0184. The third-order valence-electron chi connectivity index (χ3n) is 18.8. The second-order valence-corrected chi connectivity index (χ2v) is 21.2. The van der Waals surface area contributed by atoms with Gasteiger partial charge in [0.1, 0.15) is 5.60 Å². The summed E-state index contributed by atoms with van der Waals surface area (Å²) in [5.74, 6) is 0.771. The number of rotatable bonds is 5. The van der Waals surface area contributed by atoms with Crippen LogP contribution in [0.2, 0.25) is 0 Å². The van der Waals surface area contributed by atoms with Crippen LogP contribution >= 0.6 is 0 Å². The van der Waals surface area contributed by atoms with Crippen LogP contribution in [0.3, 0.4) is 0 Å². The van der Waals surface area contributed by atoms with E-state index in [0.29, 0.717) is 43.9 Å². The van der Waals surface area contributed by atoms with E-state index in [9.17, 15) is 30.3 Å². The number of piperidine rings is 1. The summed E-state index contributed by atoms with van der Waals surface area (Å²) in [7, 11) is 0. The Morgan fingerprint density at radius 1 is 0.927 bits per heavy atom. The molecule has 9 rings (SSSR count). The number of nitrogens with one attached hydrogen (secondary N) is 1. The molecule has 7 aliphatic carbocycles. The number of aliphatic hydroxyl groups excluding tert-OH is 2. The Kier molecular flexibility index (Phi) is 9.97. The number of hydrogen-bond donors (Lipinski definition) is 7. The Bertz CT molecular complexity index is 1540. The predicted octanol–water partition coefficient (Wildman–Crippen LogP) is 5.30. The second kappa shape index (κ2) is 14.0. The van der Waals surface area contributed by atoms with Crippen molar-refractivity contribution in [2.75, 3.05) is 6.54 Å². The maximum atomic E-state index is 14.5. The van der Waals surface area contributed by atoms with Crippen LogP contribution in [0.1, 0.15) is 136 Å². The molecule has 5 saturated carbocycles. The molecule has 8 N–H and O–H groups in total. The summed E-state index contributed by atoms with van der Waals surface area (Å²) in [5, 5.41) is 65.8. The monoisotopic (exact) mass is 765 g/mol. The van der Waals surface area contributed by atoms with Gasteiger partial charge in [0.05, 0.1) is 41.8 Å². The molecule has 9 nitrogen and oxygen atoms in total. The molecule has 0 aromatic rings. The van der Waals surface area contributed by atoms with Gasteiger partial charge in [0, 0.05) is 11.3 Å². The highest BCUT2D eigenvalue weighted by atomic mass is 16.5. The lowest BCUT2D eigenvalue weighted by molar-refractivity contribution is -0.253. The molecule has 0 aromatic heterocycles. The van der Waals surface area contributed by atoms with E-state index < -0.39 is 57.8 Å². The lowest BCUT2D eigenvalue weighted by atomic mass is 9.41. The van der Waals surface area contributed by atoms with E-state index in [1.165, 1.54) is 25.7 Å². The normalized spacial score (nSPS) is 54.6. The number of carbonyl (C=O) groups excluding carboxylic acids is 1. The van der Waals surface area contributed by atoms with Crippen LogP contribution in [0.4, 0.5) is 0 Å². The summed E-state index contributed by atoms with van der Waals surface area (Å²) in [6, 6.07) is 0. The fourth-order valence-electron chi connectivity index (χ4n) is 16.0. The number of ether oxygens (including phenoxy) is 1. The largest absolute Gasteiger partial charge is 0.390 e. The summed E-state index contributed by atoms with van der Waals surface area (Å²) in [5.41, 5.74) is 1.22. The van der Waals surface area contributed by atoms with Crippen LogP contribution in [-0.2, 0) is 9.53 Å². The minimum Gasteiger partial charge on any atom is -0.390 e. The third kappa shape index (κ3) is 5.77. The molecular formula is C46H72N2O7. The van der Waals surface area contributed by atoms with Crippen LogP contribution in [0.25, 0.3) is 0 Å². The van der Waals surface area contributed by atoms with Gasteiger partial charge in [-0.25, -0.2) is 0 Å². The zero-order chi connectivity index (χ0) is 38.7. The Morgan fingerprint density at radius 3 is 2.47 bits per heavy atom. The highest BCUT2D eigenvalue weighted by Crippen LogP contribution is 2.73. The van der Waals surface area contributed by atoms with Crippen LogP contribution in [0, 0.1) is 64.1 Å². The molecule has 0 amide bonds. The van der Waals surface area contributed by atoms with E-state index in [1.54, 1.807) is 6.08 Å². The van der Waals surface area contributed by atoms with Crippen LogP contribution in [0.5, 0.6) is 0 Å². The van der Waals surface area contributed by atoms with Gasteiger partial charge in [-0.05, 0) is 161 Å². The maximum Gasteiger partial charge on any atom is 0.159 e. The van der Waals surface area contributed by atoms with E-state index >= 15 is 0 Å². The first-order chi connectivity index (χ1) is 26.2. The zero-order valence-corrected chi connectivity index (χ0v) is 33.9. The average molecular weight is 765 g/mol. The molecule has 55 heavy (non-hydrogen) atoms. The predicted molar refractivity (Wildman–Crippen MR) is 210 cm³/mol. The van der Waals surface area contributed by atoms with Gasteiger partial charge < -0.3 is 41.3 Å². The van der Waals surface area contributed by atoms with Gasteiger partial charge in [0.2, 0.25) is 0 Å². The highest BCUT2D eigenvalue weighted by molar-refractivity contribution is 5.95. The number of hydrogen-bond acceptors (Lipinski definition) is 9. The Hall–Kier alpha value is -1.17. The maximum absolute atomic E-state index is 14.5. The van der Waals surface area contributed by atoms with Crippen molar-refractivity contribution in [2.45, 2.75) is 184 Å². The van der Waals surface area contributed by atoms with Crippen molar-refractivity contribution in [3.05, 3.63) is 23.8 Å². The van der Waals surface area contributed by atoms with Crippen molar-refractivity contribution in [1.82, 2.24) is 5.32 Å². The van der Waals surface area contributed by atoms with Crippen molar-refractivity contribution >= 4 is 5.78 Å². The van der Waals surface area contributed by atoms with Crippen LogP contribution in [0.15, 0.2) is 23.8 Å². The Labute approximate surface area is 329 Å². The molecule has 19 atom stereocenters. The molecule has 0 bridgehead atoms. The van der Waals surface area contributed by atoms with Gasteiger partial charge in [-0.1, -0.05) is 58.1 Å². The molecule has 19 unspecified atom stereocenters.